The number of hydrogen-bond acceptors (Lipinski definition) is 4. The van der Waals surface area contributed by atoms with Gasteiger partial charge in [0.25, 0.3) is 0 Å². The van der Waals surface area contributed by atoms with E-state index in [2.05, 4.69) is 31.2 Å². The normalized spacial score (nSPS) is 11.0. The van der Waals surface area contributed by atoms with Gasteiger partial charge in [-0.05, 0) is 61.0 Å². The standard InChI is InChI=1S/C13H21N3.C9H14N2/c1-3-10-16(2)11-4-9-15-13-7-5-12(14)6-8-13;1-2-7-11-9-5-3-8(10)4-6-9/h3,5-8,15H,1,4,9-11,14H2,2H3;3-6,11H,2,7,10H2,1H3/p+1. The molecule has 2 rings (SSSR count). The highest BCUT2D eigenvalue weighted by atomic mass is 15.1. The zero-order valence-corrected chi connectivity index (χ0v) is 16.8. The predicted octanol–water partition coefficient (Wildman–Crippen LogP) is 2.86. The van der Waals surface area contributed by atoms with E-state index in [0.717, 1.165) is 61.8 Å². The Bertz CT molecular complexity index is 622. The van der Waals surface area contributed by atoms with Crippen molar-refractivity contribution in [1.29, 1.82) is 0 Å². The molecule has 0 aliphatic heterocycles. The molecular formula is C22H36N5+. The van der Waals surface area contributed by atoms with Crippen LogP contribution in [0.3, 0.4) is 0 Å². The second kappa shape index (κ2) is 13.5. The summed E-state index contributed by atoms with van der Waals surface area (Å²) in [7, 11) is 2.19. The first-order chi connectivity index (χ1) is 13.0. The van der Waals surface area contributed by atoms with Gasteiger partial charge in [-0.2, -0.15) is 0 Å². The lowest BCUT2D eigenvalue weighted by atomic mass is 10.3. The van der Waals surface area contributed by atoms with Crippen LogP contribution in [0.2, 0.25) is 0 Å². The molecule has 0 fully saturated rings. The quantitative estimate of drug-likeness (QED) is 0.253. The smallest absolute Gasteiger partial charge is 0.0953 e. The van der Waals surface area contributed by atoms with Crippen LogP contribution in [-0.2, 0) is 0 Å². The zero-order valence-electron chi connectivity index (χ0n) is 16.8. The minimum absolute atomic E-state index is 0.806. The Morgan fingerprint density at radius 2 is 1.37 bits per heavy atom. The van der Waals surface area contributed by atoms with Crippen LogP contribution in [0.25, 0.3) is 0 Å². The van der Waals surface area contributed by atoms with Crippen LogP contribution in [0.15, 0.2) is 61.2 Å². The largest absolute Gasteiger partial charge is 0.399 e. The molecule has 0 radical (unpaired) electrons. The average Bonchev–Trinajstić information content (AvgIpc) is 2.67. The summed E-state index contributed by atoms with van der Waals surface area (Å²) in [6.45, 7) is 10.1. The summed E-state index contributed by atoms with van der Waals surface area (Å²) < 4.78 is 0. The van der Waals surface area contributed by atoms with Gasteiger partial charge in [0.2, 0.25) is 0 Å². The average molecular weight is 371 g/mol. The molecule has 0 aromatic heterocycles. The van der Waals surface area contributed by atoms with Gasteiger partial charge in [-0.1, -0.05) is 13.5 Å². The first-order valence-corrected chi connectivity index (χ1v) is 9.66. The van der Waals surface area contributed by atoms with Crippen molar-refractivity contribution in [3.63, 3.8) is 0 Å². The van der Waals surface area contributed by atoms with Gasteiger partial charge in [-0.15, -0.1) is 0 Å². The first kappa shape index (κ1) is 22.4. The minimum atomic E-state index is 0.806. The zero-order chi connectivity index (χ0) is 19.9. The molecule has 5 nitrogen and oxygen atoms in total. The maximum atomic E-state index is 5.61. The van der Waals surface area contributed by atoms with Crippen molar-refractivity contribution in [2.75, 3.05) is 55.3 Å². The van der Waals surface area contributed by atoms with E-state index in [-0.39, 0.29) is 0 Å². The molecule has 0 aliphatic carbocycles. The summed E-state index contributed by atoms with van der Waals surface area (Å²) >= 11 is 0. The van der Waals surface area contributed by atoms with Crippen molar-refractivity contribution < 1.29 is 4.90 Å². The fraction of sp³-hybridized carbons (Fsp3) is 0.364. The van der Waals surface area contributed by atoms with Crippen molar-refractivity contribution in [2.24, 2.45) is 0 Å². The van der Waals surface area contributed by atoms with Crippen molar-refractivity contribution >= 4 is 22.7 Å². The highest BCUT2D eigenvalue weighted by molar-refractivity contribution is 5.51. The van der Waals surface area contributed by atoms with Crippen molar-refractivity contribution in [3.05, 3.63) is 61.2 Å². The SMILES string of the molecule is C=CC[NH+](C)CCCNc1ccc(N)cc1.CCCNc1ccc(N)cc1. The molecule has 5 heteroatoms. The Morgan fingerprint density at radius 3 is 1.81 bits per heavy atom. The number of anilines is 4. The predicted molar refractivity (Wildman–Crippen MR) is 120 cm³/mol. The third kappa shape index (κ3) is 10.8. The van der Waals surface area contributed by atoms with E-state index in [1.54, 1.807) is 0 Å². The third-order valence-corrected chi connectivity index (χ3v) is 4.00. The van der Waals surface area contributed by atoms with Crippen LogP contribution >= 0.6 is 0 Å². The maximum absolute atomic E-state index is 5.61. The number of quaternary nitrogens is 1. The summed E-state index contributed by atoms with van der Waals surface area (Å²) in [6, 6.07) is 15.6. The van der Waals surface area contributed by atoms with Gasteiger partial charge >= 0.3 is 0 Å². The van der Waals surface area contributed by atoms with Crippen LogP contribution in [-0.4, -0.2) is 33.2 Å². The highest BCUT2D eigenvalue weighted by Crippen LogP contribution is 2.10. The molecule has 0 heterocycles. The number of nitrogens with two attached hydrogens (primary N) is 2. The first-order valence-electron chi connectivity index (χ1n) is 9.66. The molecule has 7 N–H and O–H groups in total. The second-order valence-electron chi connectivity index (χ2n) is 6.65. The van der Waals surface area contributed by atoms with E-state index in [4.69, 9.17) is 11.5 Å². The lowest BCUT2D eigenvalue weighted by Gasteiger charge is -2.12. The summed E-state index contributed by atoms with van der Waals surface area (Å²) in [6.07, 6.45) is 4.26. The summed E-state index contributed by atoms with van der Waals surface area (Å²) in [4.78, 5) is 1.49. The van der Waals surface area contributed by atoms with Crippen molar-refractivity contribution in [3.8, 4) is 0 Å². The summed E-state index contributed by atoms with van der Waals surface area (Å²) in [5.74, 6) is 0. The molecule has 2 aromatic carbocycles. The van der Waals surface area contributed by atoms with E-state index in [0.29, 0.717) is 0 Å². The van der Waals surface area contributed by atoms with Gasteiger partial charge in [-0.3, -0.25) is 0 Å². The van der Waals surface area contributed by atoms with Crippen LogP contribution in [0.5, 0.6) is 0 Å². The van der Waals surface area contributed by atoms with E-state index in [1.807, 2.05) is 54.6 Å². The Labute approximate surface area is 164 Å². The van der Waals surface area contributed by atoms with Crippen LogP contribution in [0.1, 0.15) is 19.8 Å². The molecule has 1 atom stereocenters. The van der Waals surface area contributed by atoms with Crippen molar-refractivity contribution in [2.45, 2.75) is 19.8 Å². The summed E-state index contributed by atoms with van der Waals surface area (Å²) in [5.41, 5.74) is 15.0. The van der Waals surface area contributed by atoms with Gasteiger partial charge in [0.15, 0.2) is 0 Å². The Morgan fingerprint density at radius 1 is 0.889 bits per heavy atom. The fourth-order valence-corrected chi connectivity index (χ4v) is 2.44. The molecule has 0 bridgehead atoms. The van der Waals surface area contributed by atoms with Gasteiger partial charge in [0.1, 0.15) is 0 Å². The molecular weight excluding hydrogens is 334 g/mol. The second-order valence-corrected chi connectivity index (χ2v) is 6.65. The number of nitrogens with one attached hydrogen (secondary N) is 3. The number of hydrogen-bond donors (Lipinski definition) is 5. The Kier molecular flexibility index (Phi) is 11.2. The van der Waals surface area contributed by atoms with E-state index < -0.39 is 0 Å². The minimum Gasteiger partial charge on any atom is -0.399 e. The number of rotatable bonds is 10. The van der Waals surface area contributed by atoms with Crippen LogP contribution in [0, 0.1) is 0 Å². The van der Waals surface area contributed by atoms with E-state index in [9.17, 15) is 0 Å². The lowest BCUT2D eigenvalue weighted by molar-refractivity contribution is -0.873. The Balaban J connectivity index is 0.000000289. The fourth-order valence-electron chi connectivity index (χ4n) is 2.44. The molecule has 2 aromatic rings. The van der Waals surface area contributed by atoms with Crippen LogP contribution < -0.4 is 27.0 Å². The number of nitrogen functional groups attached to an aromatic ring is 2. The molecule has 0 saturated heterocycles. The van der Waals surface area contributed by atoms with E-state index in [1.165, 1.54) is 4.90 Å². The molecule has 0 amide bonds. The number of likely N-dealkylation sites (N-methyl/N-ethyl adjacent to an activating group) is 1. The molecule has 0 spiro atoms. The maximum Gasteiger partial charge on any atom is 0.0953 e. The van der Waals surface area contributed by atoms with Gasteiger partial charge in [0, 0.05) is 42.3 Å². The third-order valence-electron chi connectivity index (χ3n) is 4.00. The van der Waals surface area contributed by atoms with Gasteiger partial charge in [0.05, 0.1) is 20.1 Å². The molecule has 27 heavy (non-hydrogen) atoms. The topological polar surface area (TPSA) is 80.5 Å². The van der Waals surface area contributed by atoms with Gasteiger partial charge < -0.3 is 27.0 Å². The van der Waals surface area contributed by atoms with E-state index >= 15 is 0 Å². The molecule has 148 valence electrons. The number of benzene rings is 2. The monoisotopic (exact) mass is 370 g/mol. The molecule has 0 saturated carbocycles. The van der Waals surface area contributed by atoms with Crippen LogP contribution in [0.4, 0.5) is 22.7 Å². The Hall–Kier alpha value is -2.66. The molecule has 0 aliphatic rings. The lowest BCUT2D eigenvalue weighted by Crippen LogP contribution is -3.08. The van der Waals surface area contributed by atoms with Gasteiger partial charge in [-0.25, -0.2) is 0 Å². The summed E-state index contributed by atoms with van der Waals surface area (Å²) in [5, 5.41) is 6.64. The molecule has 1 unspecified atom stereocenters. The van der Waals surface area contributed by atoms with Crippen molar-refractivity contribution in [1.82, 2.24) is 0 Å². The highest BCUT2D eigenvalue weighted by Gasteiger charge is 1.98.